The van der Waals surface area contributed by atoms with Gasteiger partial charge in [-0.1, -0.05) is 24.3 Å². The van der Waals surface area contributed by atoms with Crippen LogP contribution in [0.5, 0.6) is 0 Å². The van der Waals surface area contributed by atoms with Crippen LogP contribution >= 0.6 is 0 Å². The van der Waals surface area contributed by atoms with E-state index in [1.165, 1.54) is 23.3 Å². The van der Waals surface area contributed by atoms with E-state index >= 15 is 0 Å². The Bertz CT molecular complexity index is 1240. The molecule has 0 unspecified atom stereocenters. The Hall–Kier alpha value is -3.67. The van der Waals surface area contributed by atoms with Crippen molar-refractivity contribution >= 4 is 16.9 Å². The van der Waals surface area contributed by atoms with Crippen LogP contribution in [0.15, 0.2) is 80.6 Å². The minimum atomic E-state index is -0.686. The molecule has 0 bridgehead atoms. The van der Waals surface area contributed by atoms with Gasteiger partial charge in [-0.05, 0) is 42.0 Å². The van der Waals surface area contributed by atoms with Crippen molar-refractivity contribution in [1.29, 1.82) is 0 Å². The standard InChI is InChI=1S/C22H14FNO4/c23-14-9-7-13(8-10-14)19-18-20(25)16-5-1-2-6-17(16)28-21(18)22(26)24(19)12-15-4-3-11-27-15/h1-11,19H,12H2/t19-/m0/s1. The zero-order valence-corrected chi connectivity index (χ0v) is 14.6. The quantitative estimate of drug-likeness (QED) is 0.536. The molecule has 2 aromatic heterocycles. The van der Waals surface area contributed by atoms with Gasteiger partial charge >= 0.3 is 0 Å². The number of furan rings is 1. The molecule has 0 aliphatic carbocycles. The second kappa shape index (κ2) is 6.20. The molecule has 138 valence electrons. The molecule has 0 radical (unpaired) electrons. The molecule has 0 fully saturated rings. The molecule has 1 aliphatic rings. The first-order chi connectivity index (χ1) is 13.6. The Kier molecular flexibility index (Phi) is 3.65. The third-order valence-corrected chi connectivity index (χ3v) is 4.97. The molecule has 0 N–H and O–H groups in total. The van der Waals surface area contributed by atoms with Crippen LogP contribution in [0.2, 0.25) is 0 Å². The fraction of sp³-hybridized carbons (Fsp3) is 0.0909. The summed E-state index contributed by atoms with van der Waals surface area (Å²) in [7, 11) is 0. The van der Waals surface area contributed by atoms with E-state index < -0.39 is 17.8 Å². The van der Waals surface area contributed by atoms with E-state index in [2.05, 4.69) is 0 Å². The van der Waals surface area contributed by atoms with Crippen molar-refractivity contribution in [3.8, 4) is 0 Å². The molecule has 28 heavy (non-hydrogen) atoms. The van der Waals surface area contributed by atoms with E-state index in [-0.39, 0.29) is 23.3 Å². The highest BCUT2D eigenvalue weighted by Gasteiger charge is 2.43. The molecule has 5 rings (SSSR count). The molecule has 3 heterocycles. The minimum absolute atomic E-state index is 0.0181. The summed E-state index contributed by atoms with van der Waals surface area (Å²) in [6, 6.07) is 15.4. The second-order valence-electron chi connectivity index (χ2n) is 6.64. The average Bonchev–Trinajstić information content (AvgIpc) is 3.31. The monoisotopic (exact) mass is 375 g/mol. The fourth-order valence-corrected chi connectivity index (χ4v) is 3.69. The molecule has 1 amide bonds. The number of hydrogen-bond donors (Lipinski definition) is 0. The number of amides is 1. The predicted octanol–water partition coefficient (Wildman–Crippen LogP) is 4.27. The molecule has 0 spiro atoms. The smallest absolute Gasteiger partial charge is 0.291 e. The lowest BCUT2D eigenvalue weighted by Gasteiger charge is -2.24. The summed E-state index contributed by atoms with van der Waals surface area (Å²) in [6.07, 6.45) is 1.52. The van der Waals surface area contributed by atoms with Gasteiger partial charge in [-0.3, -0.25) is 9.59 Å². The normalized spacial score (nSPS) is 16.0. The third kappa shape index (κ3) is 2.45. The minimum Gasteiger partial charge on any atom is -0.467 e. The molecular weight excluding hydrogens is 361 g/mol. The fourth-order valence-electron chi connectivity index (χ4n) is 3.69. The lowest BCUT2D eigenvalue weighted by molar-refractivity contribution is 0.0701. The zero-order chi connectivity index (χ0) is 19.3. The molecule has 5 nitrogen and oxygen atoms in total. The number of nitrogens with zero attached hydrogens (tertiary/aromatic N) is 1. The summed E-state index contributed by atoms with van der Waals surface area (Å²) in [5.41, 5.74) is 0.989. The topological polar surface area (TPSA) is 63.7 Å². The van der Waals surface area contributed by atoms with E-state index in [9.17, 15) is 14.0 Å². The average molecular weight is 375 g/mol. The molecular formula is C22H14FNO4. The molecule has 6 heteroatoms. The van der Waals surface area contributed by atoms with Crippen LogP contribution in [0.25, 0.3) is 11.0 Å². The van der Waals surface area contributed by atoms with Gasteiger partial charge in [-0.15, -0.1) is 0 Å². The Morgan fingerprint density at radius 2 is 1.75 bits per heavy atom. The molecule has 2 aromatic carbocycles. The summed E-state index contributed by atoms with van der Waals surface area (Å²) in [5, 5.41) is 0.404. The number of rotatable bonds is 3. The largest absolute Gasteiger partial charge is 0.467 e. The molecule has 0 saturated carbocycles. The Morgan fingerprint density at radius 3 is 2.50 bits per heavy atom. The van der Waals surface area contributed by atoms with Crippen LogP contribution in [0.1, 0.15) is 33.5 Å². The summed E-state index contributed by atoms with van der Waals surface area (Å²) in [6.45, 7) is 0.161. The Morgan fingerprint density at radius 1 is 0.964 bits per heavy atom. The van der Waals surface area contributed by atoms with E-state index in [0.29, 0.717) is 22.3 Å². The number of carbonyl (C=O) groups is 1. The van der Waals surface area contributed by atoms with Crippen molar-refractivity contribution < 1.29 is 18.0 Å². The first kappa shape index (κ1) is 16.5. The summed E-state index contributed by atoms with van der Waals surface area (Å²) in [5.74, 6) is -0.199. The van der Waals surface area contributed by atoms with Crippen LogP contribution < -0.4 is 5.43 Å². The highest BCUT2D eigenvalue weighted by atomic mass is 19.1. The van der Waals surface area contributed by atoms with E-state index in [4.69, 9.17) is 8.83 Å². The third-order valence-electron chi connectivity index (χ3n) is 4.97. The van der Waals surface area contributed by atoms with E-state index in [0.717, 1.165) is 0 Å². The summed E-state index contributed by atoms with van der Waals surface area (Å²) in [4.78, 5) is 27.9. The van der Waals surface area contributed by atoms with Crippen molar-refractivity contribution in [3.05, 3.63) is 106 Å². The lowest BCUT2D eigenvalue weighted by Crippen LogP contribution is -2.29. The van der Waals surface area contributed by atoms with Gasteiger partial charge in [0.25, 0.3) is 5.91 Å². The van der Waals surface area contributed by atoms with Crippen molar-refractivity contribution in [3.63, 3.8) is 0 Å². The van der Waals surface area contributed by atoms with Gasteiger partial charge in [0.1, 0.15) is 17.2 Å². The Labute approximate surface area is 158 Å². The number of benzene rings is 2. The number of para-hydroxylation sites is 1. The lowest BCUT2D eigenvalue weighted by atomic mass is 9.98. The predicted molar refractivity (Wildman–Crippen MR) is 99.3 cm³/mol. The van der Waals surface area contributed by atoms with Gasteiger partial charge in [0.05, 0.1) is 29.8 Å². The van der Waals surface area contributed by atoms with Gasteiger partial charge < -0.3 is 13.7 Å². The SMILES string of the molecule is O=C1c2oc3ccccc3c(=O)c2[C@H](c2ccc(F)cc2)N1Cc1ccco1. The zero-order valence-electron chi connectivity index (χ0n) is 14.6. The maximum Gasteiger partial charge on any atom is 0.291 e. The van der Waals surface area contributed by atoms with Gasteiger partial charge in [0, 0.05) is 0 Å². The number of halogens is 1. The highest BCUT2D eigenvalue weighted by molar-refractivity contribution is 5.99. The van der Waals surface area contributed by atoms with Crippen molar-refractivity contribution in [2.45, 2.75) is 12.6 Å². The van der Waals surface area contributed by atoms with Crippen LogP contribution in [-0.4, -0.2) is 10.8 Å². The van der Waals surface area contributed by atoms with Gasteiger partial charge in [-0.2, -0.15) is 0 Å². The van der Waals surface area contributed by atoms with Gasteiger partial charge in [0.15, 0.2) is 5.43 Å². The number of carbonyl (C=O) groups excluding carboxylic acids is 1. The molecule has 1 atom stereocenters. The molecule has 4 aromatic rings. The highest BCUT2D eigenvalue weighted by Crippen LogP contribution is 2.39. The first-order valence-electron chi connectivity index (χ1n) is 8.78. The number of hydrogen-bond acceptors (Lipinski definition) is 4. The molecule has 0 saturated heterocycles. The van der Waals surface area contributed by atoms with Gasteiger partial charge in [-0.25, -0.2) is 4.39 Å². The maximum atomic E-state index is 13.5. The Balaban J connectivity index is 1.75. The first-order valence-corrected chi connectivity index (χ1v) is 8.78. The van der Waals surface area contributed by atoms with Crippen molar-refractivity contribution in [2.24, 2.45) is 0 Å². The van der Waals surface area contributed by atoms with Gasteiger partial charge in [0.2, 0.25) is 5.76 Å². The van der Waals surface area contributed by atoms with E-state index in [1.807, 2.05) is 0 Å². The van der Waals surface area contributed by atoms with Crippen LogP contribution in [-0.2, 0) is 6.54 Å². The van der Waals surface area contributed by atoms with Crippen LogP contribution in [0.4, 0.5) is 4.39 Å². The summed E-state index contributed by atoms with van der Waals surface area (Å²) >= 11 is 0. The van der Waals surface area contributed by atoms with Crippen LogP contribution in [0, 0.1) is 5.82 Å². The summed E-state index contributed by atoms with van der Waals surface area (Å²) < 4.78 is 24.7. The number of fused-ring (bicyclic) bond motifs is 2. The van der Waals surface area contributed by atoms with E-state index in [1.54, 1.807) is 48.5 Å². The second-order valence-corrected chi connectivity index (χ2v) is 6.64. The maximum absolute atomic E-state index is 13.5. The van der Waals surface area contributed by atoms with Crippen molar-refractivity contribution in [2.75, 3.05) is 0 Å². The van der Waals surface area contributed by atoms with Crippen molar-refractivity contribution in [1.82, 2.24) is 4.90 Å². The molecule has 1 aliphatic heterocycles. The van der Waals surface area contributed by atoms with Crippen LogP contribution in [0.3, 0.4) is 0 Å².